The molecule has 1 aromatic carbocycles. The van der Waals surface area contributed by atoms with Gasteiger partial charge in [-0.25, -0.2) is 4.79 Å². The minimum atomic E-state index is -0.348. The van der Waals surface area contributed by atoms with Crippen molar-refractivity contribution in [1.29, 1.82) is 0 Å². The highest BCUT2D eigenvalue weighted by Crippen LogP contribution is 2.32. The van der Waals surface area contributed by atoms with Gasteiger partial charge in [0.1, 0.15) is 0 Å². The number of benzene rings is 1. The predicted molar refractivity (Wildman–Crippen MR) is 80.5 cm³/mol. The van der Waals surface area contributed by atoms with Crippen LogP contribution in [0.25, 0.3) is 21.3 Å². The van der Waals surface area contributed by atoms with E-state index in [0.29, 0.717) is 31.9 Å². The lowest BCUT2D eigenvalue weighted by molar-refractivity contribution is -0.115. The van der Waals surface area contributed by atoms with Crippen molar-refractivity contribution in [2.45, 2.75) is 6.54 Å². The lowest BCUT2D eigenvalue weighted by Crippen LogP contribution is -2.48. The summed E-state index contributed by atoms with van der Waals surface area (Å²) in [6, 6.07) is 7.45. The number of methoxy groups -OCH3 is 1. The Morgan fingerprint density at radius 3 is 2.95 bits per heavy atom. The van der Waals surface area contributed by atoms with E-state index >= 15 is 0 Å². The zero-order chi connectivity index (χ0) is 15.6. The van der Waals surface area contributed by atoms with Gasteiger partial charge in [0, 0.05) is 40.5 Å². The molecule has 2 heterocycles. The van der Waals surface area contributed by atoms with Crippen molar-refractivity contribution in [2.24, 2.45) is 10.5 Å². The Morgan fingerprint density at radius 2 is 2.32 bits per heavy atom. The Labute approximate surface area is 127 Å². The third-order valence-corrected chi connectivity index (χ3v) is 4.01. The molecule has 1 aliphatic rings. The first kappa shape index (κ1) is 14.4. The average Bonchev–Trinajstić information content (AvgIpc) is 2.92. The SMILES string of the molecule is COC(=O)c1cccc2c1ccn2CC1(CN=[N+]=[N-])COC1. The molecule has 0 N–H and O–H groups in total. The van der Waals surface area contributed by atoms with Crippen molar-refractivity contribution < 1.29 is 14.3 Å². The molecule has 3 rings (SSSR count). The standard InChI is InChI=1S/C15H16N4O3/c1-21-14(20)12-3-2-4-13-11(12)5-6-19(13)8-15(7-17-18-16)9-22-10-15/h2-6H,7-10H2,1H3. The van der Waals surface area contributed by atoms with Gasteiger partial charge in [-0.05, 0) is 23.7 Å². The van der Waals surface area contributed by atoms with E-state index in [1.165, 1.54) is 7.11 Å². The van der Waals surface area contributed by atoms with Crippen LogP contribution in [0.1, 0.15) is 10.4 Å². The summed E-state index contributed by atoms with van der Waals surface area (Å²) < 4.78 is 12.2. The molecule has 7 heteroatoms. The van der Waals surface area contributed by atoms with Crippen LogP contribution in [0, 0.1) is 5.41 Å². The number of ether oxygens (including phenoxy) is 2. The number of fused-ring (bicyclic) bond motifs is 1. The highest BCUT2D eigenvalue weighted by atomic mass is 16.5. The van der Waals surface area contributed by atoms with Crippen LogP contribution in [0.3, 0.4) is 0 Å². The van der Waals surface area contributed by atoms with Gasteiger partial charge >= 0.3 is 5.97 Å². The van der Waals surface area contributed by atoms with Crippen molar-refractivity contribution in [3.63, 3.8) is 0 Å². The van der Waals surface area contributed by atoms with Crippen molar-refractivity contribution in [1.82, 2.24) is 4.57 Å². The number of esters is 1. The van der Waals surface area contributed by atoms with E-state index in [9.17, 15) is 4.79 Å². The molecular formula is C15H16N4O3. The van der Waals surface area contributed by atoms with Crippen molar-refractivity contribution in [3.05, 3.63) is 46.5 Å². The fraction of sp³-hybridized carbons (Fsp3) is 0.400. The van der Waals surface area contributed by atoms with Crippen LogP contribution in [-0.2, 0) is 16.0 Å². The number of nitrogens with zero attached hydrogens (tertiary/aromatic N) is 4. The number of hydrogen-bond acceptors (Lipinski definition) is 4. The van der Waals surface area contributed by atoms with Gasteiger partial charge in [0.25, 0.3) is 0 Å². The quantitative estimate of drug-likeness (QED) is 0.368. The number of carbonyl (C=O) groups excluding carboxylic acids is 1. The Bertz CT molecular complexity index is 757. The molecule has 0 unspecified atom stereocenters. The first-order chi connectivity index (χ1) is 10.7. The minimum absolute atomic E-state index is 0.167. The molecule has 0 amide bonds. The van der Waals surface area contributed by atoms with Crippen molar-refractivity contribution in [3.8, 4) is 0 Å². The van der Waals surface area contributed by atoms with E-state index in [-0.39, 0.29) is 11.4 Å². The van der Waals surface area contributed by atoms with Crippen molar-refractivity contribution in [2.75, 3.05) is 26.9 Å². The van der Waals surface area contributed by atoms with Crippen LogP contribution >= 0.6 is 0 Å². The maximum atomic E-state index is 11.8. The molecule has 1 aromatic heterocycles. The first-order valence-electron chi connectivity index (χ1n) is 6.94. The Kier molecular flexibility index (Phi) is 3.75. The maximum Gasteiger partial charge on any atom is 0.338 e. The molecule has 7 nitrogen and oxygen atoms in total. The zero-order valence-corrected chi connectivity index (χ0v) is 12.2. The van der Waals surface area contributed by atoms with Crippen LogP contribution < -0.4 is 0 Å². The molecular weight excluding hydrogens is 284 g/mol. The molecule has 0 bridgehead atoms. The molecule has 0 saturated carbocycles. The third-order valence-electron chi connectivity index (χ3n) is 4.01. The molecule has 1 fully saturated rings. The van der Waals surface area contributed by atoms with Gasteiger partial charge in [0.05, 0.1) is 25.9 Å². The average molecular weight is 300 g/mol. The highest BCUT2D eigenvalue weighted by molar-refractivity contribution is 6.03. The topological polar surface area (TPSA) is 89.2 Å². The summed E-state index contributed by atoms with van der Waals surface area (Å²) in [5.41, 5.74) is 9.87. The summed E-state index contributed by atoms with van der Waals surface area (Å²) in [5, 5.41) is 4.55. The maximum absolute atomic E-state index is 11.8. The molecule has 0 radical (unpaired) electrons. The molecule has 114 valence electrons. The van der Waals surface area contributed by atoms with Crippen molar-refractivity contribution >= 4 is 16.9 Å². The van der Waals surface area contributed by atoms with E-state index in [0.717, 1.165) is 10.9 Å². The third kappa shape index (κ3) is 2.41. The monoisotopic (exact) mass is 300 g/mol. The smallest absolute Gasteiger partial charge is 0.338 e. The van der Waals surface area contributed by atoms with Gasteiger partial charge in [-0.15, -0.1) is 0 Å². The summed E-state index contributed by atoms with van der Waals surface area (Å²) in [6.45, 7) is 2.23. The molecule has 0 aliphatic carbocycles. The highest BCUT2D eigenvalue weighted by Gasteiger charge is 2.38. The van der Waals surface area contributed by atoms with Crippen LogP contribution in [0.5, 0.6) is 0 Å². The zero-order valence-electron chi connectivity index (χ0n) is 12.2. The number of hydrogen-bond donors (Lipinski definition) is 0. The van der Waals surface area contributed by atoms with Crippen LogP contribution in [0.4, 0.5) is 0 Å². The van der Waals surface area contributed by atoms with Crippen LogP contribution in [-0.4, -0.2) is 37.4 Å². The molecule has 0 spiro atoms. The summed E-state index contributed by atoms with van der Waals surface area (Å²) in [6.07, 6.45) is 1.94. The summed E-state index contributed by atoms with van der Waals surface area (Å²) >= 11 is 0. The number of rotatable bonds is 5. The van der Waals surface area contributed by atoms with Crippen LogP contribution in [0.2, 0.25) is 0 Å². The lowest BCUT2D eigenvalue weighted by atomic mass is 9.86. The van der Waals surface area contributed by atoms with Gasteiger partial charge in [-0.2, -0.15) is 0 Å². The van der Waals surface area contributed by atoms with Gasteiger partial charge in [0.15, 0.2) is 0 Å². The summed E-state index contributed by atoms with van der Waals surface area (Å²) in [4.78, 5) is 14.7. The predicted octanol–water partition coefficient (Wildman–Crippen LogP) is 2.75. The summed E-state index contributed by atoms with van der Waals surface area (Å²) in [7, 11) is 1.37. The second-order valence-electron chi connectivity index (χ2n) is 5.56. The van der Waals surface area contributed by atoms with E-state index in [1.807, 2.05) is 24.4 Å². The Morgan fingerprint density at radius 1 is 1.50 bits per heavy atom. The van der Waals surface area contributed by atoms with E-state index in [2.05, 4.69) is 14.6 Å². The first-order valence-corrected chi connectivity index (χ1v) is 6.94. The molecule has 1 aliphatic heterocycles. The van der Waals surface area contributed by atoms with Gasteiger partial charge in [0.2, 0.25) is 0 Å². The fourth-order valence-corrected chi connectivity index (χ4v) is 2.82. The Balaban J connectivity index is 1.95. The second-order valence-corrected chi connectivity index (χ2v) is 5.56. The summed E-state index contributed by atoms with van der Waals surface area (Å²) in [5.74, 6) is -0.348. The normalized spacial score (nSPS) is 15.9. The largest absolute Gasteiger partial charge is 0.465 e. The van der Waals surface area contributed by atoms with Gasteiger partial charge in [-0.1, -0.05) is 11.2 Å². The van der Waals surface area contributed by atoms with Gasteiger partial charge < -0.3 is 14.0 Å². The molecule has 0 atom stereocenters. The fourth-order valence-electron chi connectivity index (χ4n) is 2.82. The van der Waals surface area contributed by atoms with Crippen LogP contribution in [0.15, 0.2) is 35.6 Å². The number of aromatic nitrogens is 1. The number of azide groups is 1. The van der Waals surface area contributed by atoms with E-state index < -0.39 is 0 Å². The molecule has 1 saturated heterocycles. The Hall–Kier alpha value is -2.50. The van der Waals surface area contributed by atoms with Gasteiger partial charge in [-0.3, -0.25) is 0 Å². The van der Waals surface area contributed by atoms with E-state index in [1.54, 1.807) is 6.07 Å². The lowest BCUT2D eigenvalue weighted by Gasteiger charge is -2.40. The number of carbonyl (C=O) groups is 1. The van der Waals surface area contributed by atoms with E-state index in [4.69, 9.17) is 15.0 Å². The molecule has 22 heavy (non-hydrogen) atoms. The molecule has 2 aromatic rings. The minimum Gasteiger partial charge on any atom is -0.465 e. The second kappa shape index (κ2) is 5.71.